The summed E-state index contributed by atoms with van der Waals surface area (Å²) in [6.45, 7) is 0.419. The molecule has 0 saturated heterocycles. The molecule has 0 aliphatic carbocycles. The van der Waals surface area contributed by atoms with Crippen molar-refractivity contribution in [2.24, 2.45) is 0 Å². The second-order valence-electron chi connectivity index (χ2n) is 6.35. The lowest BCUT2D eigenvalue weighted by Gasteiger charge is -2.13. The first-order valence-electron chi connectivity index (χ1n) is 8.99. The summed E-state index contributed by atoms with van der Waals surface area (Å²) in [6.07, 6.45) is 4.90. The fourth-order valence-corrected chi connectivity index (χ4v) is 5.68. The average Bonchev–Trinajstić information content (AvgIpc) is 3.38. The van der Waals surface area contributed by atoms with E-state index in [-0.39, 0.29) is 12.5 Å². The Kier molecular flexibility index (Phi) is 5.70. The van der Waals surface area contributed by atoms with Gasteiger partial charge >= 0.3 is 0 Å². The third-order valence-corrected chi connectivity index (χ3v) is 6.94. The van der Waals surface area contributed by atoms with Crippen LogP contribution in [-0.2, 0) is 18.7 Å². The maximum atomic E-state index is 13.1. The number of rotatable bonds is 6. The van der Waals surface area contributed by atoms with Gasteiger partial charge in [-0.1, -0.05) is 12.1 Å². The summed E-state index contributed by atoms with van der Waals surface area (Å²) in [6, 6.07) is 13.4. The van der Waals surface area contributed by atoms with E-state index in [1.807, 2.05) is 65.1 Å². The van der Waals surface area contributed by atoms with Crippen LogP contribution in [0.2, 0.25) is 0 Å². The molecular formula is C21H19N3O2S2. The van der Waals surface area contributed by atoms with Crippen LogP contribution in [0.1, 0.15) is 26.4 Å². The van der Waals surface area contributed by atoms with Gasteiger partial charge in [-0.25, -0.2) is 0 Å². The third-order valence-electron chi connectivity index (χ3n) is 4.52. The van der Waals surface area contributed by atoms with Crippen LogP contribution in [0.5, 0.6) is 5.75 Å². The third kappa shape index (κ3) is 3.93. The lowest BCUT2D eigenvalue weighted by atomic mass is 10.1. The SMILES string of the molecule is N#CCOc1cccc(CNC(=O)c2c(-n3cccc3)sc3c2CCSC3)c1. The molecule has 1 aliphatic rings. The summed E-state index contributed by atoms with van der Waals surface area (Å²) in [4.78, 5) is 14.4. The van der Waals surface area contributed by atoms with Crippen molar-refractivity contribution in [2.75, 3.05) is 12.4 Å². The second-order valence-corrected chi connectivity index (χ2v) is 8.54. The van der Waals surface area contributed by atoms with E-state index >= 15 is 0 Å². The van der Waals surface area contributed by atoms with E-state index in [1.54, 1.807) is 17.4 Å². The van der Waals surface area contributed by atoms with Crippen molar-refractivity contribution in [1.82, 2.24) is 9.88 Å². The van der Waals surface area contributed by atoms with Crippen LogP contribution in [0.4, 0.5) is 0 Å². The van der Waals surface area contributed by atoms with Gasteiger partial charge in [-0.15, -0.1) is 11.3 Å². The molecule has 0 fully saturated rings. The monoisotopic (exact) mass is 409 g/mol. The molecule has 7 heteroatoms. The van der Waals surface area contributed by atoms with Crippen molar-refractivity contribution in [1.29, 1.82) is 5.26 Å². The van der Waals surface area contributed by atoms with Crippen molar-refractivity contribution in [3.8, 4) is 16.8 Å². The molecule has 5 nitrogen and oxygen atoms in total. The maximum Gasteiger partial charge on any atom is 0.254 e. The summed E-state index contributed by atoms with van der Waals surface area (Å²) < 4.78 is 7.37. The van der Waals surface area contributed by atoms with Crippen LogP contribution in [-0.4, -0.2) is 22.8 Å². The Labute approximate surface area is 171 Å². The van der Waals surface area contributed by atoms with Crippen LogP contribution >= 0.6 is 23.1 Å². The summed E-state index contributed by atoms with van der Waals surface area (Å²) in [7, 11) is 0. The van der Waals surface area contributed by atoms with Gasteiger partial charge in [0, 0.05) is 29.6 Å². The van der Waals surface area contributed by atoms with Gasteiger partial charge in [0.1, 0.15) is 16.8 Å². The molecule has 0 unspecified atom stereocenters. The van der Waals surface area contributed by atoms with Crippen LogP contribution in [0, 0.1) is 11.3 Å². The Hall–Kier alpha value is -2.69. The van der Waals surface area contributed by atoms with Crippen molar-refractivity contribution in [3.63, 3.8) is 0 Å². The van der Waals surface area contributed by atoms with E-state index in [9.17, 15) is 4.79 Å². The zero-order valence-electron chi connectivity index (χ0n) is 15.2. The highest BCUT2D eigenvalue weighted by Crippen LogP contribution is 2.38. The number of nitriles is 1. The van der Waals surface area contributed by atoms with Crippen molar-refractivity contribution in [3.05, 3.63) is 70.4 Å². The number of hydrogen-bond acceptors (Lipinski definition) is 5. The normalized spacial score (nSPS) is 12.8. The smallest absolute Gasteiger partial charge is 0.254 e. The number of benzene rings is 1. The van der Waals surface area contributed by atoms with E-state index in [4.69, 9.17) is 10.00 Å². The number of carbonyl (C=O) groups excluding carboxylic acids is 1. The van der Waals surface area contributed by atoms with Crippen molar-refractivity contribution in [2.45, 2.75) is 18.7 Å². The van der Waals surface area contributed by atoms with E-state index < -0.39 is 0 Å². The Morgan fingerprint density at radius 3 is 2.96 bits per heavy atom. The van der Waals surface area contributed by atoms with Crippen molar-refractivity contribution >= 4 is 29.0 Å². The number of fused-ring (bicyclic) bond motifs is 1. The predicted octanol–water partition coefficient (Wildman–Crippen LogP) is 4.16. The number of thioether (sulfide) groups is 1. The standard InChI is InChI=1S/C21H19N3O2S2/c22-7-10-26-16-5-3-4-15(12-16)13-23-20(25)19-17-6-11-27-14-18(17)28-21(19)24-8-1-2-9-24/h1-5,8-9,12H,6,10-11,13-14H2,(H,23,25). The minimum absolute atomic E-state index is 0.00902. The number of amides is 1. The first kappa shape index (κ1) is 18.7. The average molecular weight is 410 g/mol. The Balaban J connectivity index is 1.55. The van der Waals surface area contributed by atoms with Gasteiger partial charge in [0.2, 0.25) is 0 Å². The molecule has 0 saturated carbocycles. The molecule has 3 heterocycles. The molecule has 1 amide bonds. The summed E-state index contributed by atoms with van der Waals surface area (Å²) in [5.74, 6) is 2.61. The highest BCUT2D eigenvalue weighted by atomic mass is 32.2. The van der Waals surface area contributed by atoms with Crippen LogP contribution in [0.25, 0.3) is 5.00 Å². The number of nitrogens with zero attached hydrogens (tertiary/aromatic N) is 2. The van der Waals surface area contributed by atoms with Gasteiger partial charge in [-0.05, 0) is 47.6 Å². The molecule has 28 heavy (non-hydrogen) atoms. The van der Waals surface area contributed by atoms with Gasteiger partial charge in [-0.3, -0.25) is 4.79 Å². The van der Waals surface area contributed by atoms with Gasteiger partial charge in [0.25, 0.3) is 5.91 Å². The highest BCUT2D eigenvalue weighted by molar-refractivity contribution is 7.98. The topological polar surface area (TPSA) is 67.0 Å². The number of nitrogens with one attached hydrogen (secondary N) is 1. The minimum atomic E-state index is -0.0450. The van der Waals surface area contributed by atoms with E-state index in [0.29, 0.717) is 12.3 Å². The number of ether oxygens (including phenoxy) is 1. The van der Waals surface area contributed by atoms with Crippen LogP contribution in [0.15, 0.2) is 48.8 Å². The predicted molar refractivity (Wildman–Crippen MR) is 112 cm³/mol. The number of carbonyl (C=O) groups is 1. The lowest BCUT2D eigenvalue weighted by molar-refractivity contribution is 0.0950. The largest absolute Gasteiger partial charge is 0.479 e. The van der Waals surface area contributed by atoms with Gasteiger partial charge in [0.15, 0.2) is 6.61 Å². The summed E-state index contributed by atoms with van der Waals surface area (Å²) in [5, 5.41) is 12.7. The molecule has 0 atom stereocenters. The van der Waals surface area contributed by atoms with Gasteiger partial charge < -0.3 is 14.6 Å². The fourth-order valence-electron chi connectivity index (χ4n) is 3.24. The summed E-state index contributed by atoms with van der Waals surface area (Å²) >= 11 is 3.63. The molecule has 0 bridgehead atoms. The summed E-state index contributed by atoms with van der Waals surface area (Å²) in [5.41, 5.74) is 2.93. The lowest BCUT2D eigenvalue weighted by Crippen LogP contribution is -2.25. The minimum Gasteiger partial charge on any atom is -0.479 e. The number of thiophene rings is 1. The van der Waals surface area contributed by atoms with E-state index in [1.165, 1.54) is 10.4 Å². The second kappa shape index (κ2) is 8.55. The molecule has 0 spiro atoms. The molecule has 1 N–H and O–H groups in total. The highest BCUT2D eigenvalue weighted by Gasteiger charge is 2.26. The fraction of sp³-hybridized carbons (Fsp3) is 0.238. The Morgan fingerprint density at radius 2 is 2.14 bits per heavy atom. The number of hydrogen-bond donors (Lipinski definition) is 1. The zero-order valence-corrected chi connectivity index (χ0v) is 16.8. The molecular weight excluding hydrogens is 390 g/mol. The quantitative estimate of drug-likeness (QED) is 0.664. The van der Waals surface area contributed by atoms with Crippen molar-refractivity contribution < 1.29 is 9.53 Å². The first-order chi connectivity index (χ1) is 13.8. The Bertz CT molecular complexity index is 1020. The Morgan fingerprint density at radius 1 is 1.29 bits per heavy atom. The zero-order chi connectivity index (χ0) is 19.3. The maximum absolute atomic E-state index is 13.1. The van der Waals surface area contributed by atoms with E-state index in [0.717, 1.165) is 34.1 Å². The molecule has 0 radical (unpaired) electrons. The van der Waals surface area contributed by atoms with Gasteiger partial charge in [0.05, 0.1) is 5.56 Å². The van der Waals surface area contributed by atoms with E-state index in [2.05, 4.69) is 5.32 Å². The number of aromatic nitrogens is 1. The van der Waals surface area contributed by atoms with Crippen LogP contribution in [0.3, 0.4) is 0 Å². The van der Waals surface area contributed by atoms with Gasteiger partial charge in [-0.2, -0.15) is 17.0 Å². The molecule has 4 rings (SSSR count). The molecule has 3 aromatic rings. The first-order valence-corrected chi connectivity index (χ1v) is 11.0. The molecule has 1 aromatic carbocycles. The molecule has 1 aliphatic heterocycles. The molecule has 142 valence electrons. The van der Waals surface area contributed by atoms with Crippen LogP contribution < -0.4 is 10.1 Å². The molecule has 2 aromatic heterocycles.